The number of benzene rings is 1. The Balaban J connectivity index is 2.60. The Bertz CT molecular complexity index is 361. The first-order chi connectivity index (χ1) is 9.46. The molecule has 5 heteroatoms. The summed E-state index contributed by atoms with van der Waals surface area (Å²) in [5.74, 6) is 0. The predicted octanol–water partition coefficient (Wildman–Crippen LogP) is 3.61. The minimum absolute atomic E-state index is 0.553. The van der Waals surface area contributed by atoms with Crippen LogP contribution in [0.4, 0.5) is 13.2 Å². The third-order valence-corrected chi connectivity index (χ3v) is 3.35. The van der Waals surface area contributed by atoms with Gasteiger partial charge < -0.3 is 10.2 Å². The summed E-state index contributed by atoms with van der Waals surface area (Å²) in [6.45, 7) is 7.23. The van der Waals surface area contributed by atoms with E-state index in [1.54, 1.807) is 24.3 Å². The molecule has 1 rings (SSSR count). The van der Waals surface area contributed by atoms with Crippen LogP contribution in [-0.4, -0.2) is 37.3 Å². The van der Waals surface area contributed by atoms with Crippen molar-refractivity contribution in [1.29, 1.82) is 0 Å². The Morgan fingerprint density at radius 3 is 2.20 bits per heavy atom. The van der Waals surface area contributed by atoms with E-state index in [9.17, 15) is 13.2 Å². The lowest BCUT2D eigenvalue weighted by atomic mass is 10.0. The molecule has 0 heterocycles. The van der Waals surface area contributed by atoms with Crippen molar-refractivity contribution in [3.05, 3.63) is 35.9 Å². The number of hydrogen-bond donors (Lipinski definition) is 1. The van der Waals surface area contributed by atoms with Crippen molar-refractivity contribution in [2.75, 3.05) is 26.2 Å². The second kappa shape index (κ2) is 8.27. The van der Waals surface area contributed by atoms with Gasteiger partial charge in [0.1, 0.15) is 0 Å². The van der Waals surface area contributed by atoms with E-state index in [2.05, 4.69) is 10.2 Å². The van der Waals surface area contributed by atoms with E-state index < -0.39 is 18.6 Å². The molecule has 0 spiro atoms. The Kier molecular flexibility index (Phi) is 7.02. The number of nitrogens with one attached hydrogen (secondary N) is 1. The lowest BCUT2D eigenvalue weighted by Gasteiger charge is -2.23. The number of nitrogens with zero attached hydrogens (tertiary/aromatic N) is 1. The van der Waals surface area contributed by atoms with Gasteiger partial charge in [-0.25, -0.2) is 0 Å². The van der Waals surface area contributed by atoms with Gasteiger partial charge in [-0.05, 0) is 18.7 Å². The van der Waals surface area contributed by atoms with Crippen molar-refractivity contribution in [2.24, 2.45) is 0 Å². The summed E-state index contributed by atoms with van der Waals surface area (Å²) in [4.78, 5) is 2.18. The summed E-state index contributed by atoms with van der Waals surface area (Å²) in [6, 6.07) is 8.15. The minimum atomic E-state index is -4.16. The van der Waals surface area contributed by atoms with E-state index in [1.807, 2.05) is 19.9 Å². The van der Waals surface area contributed by atoms with Crippen LogP contribution >= 0.6 is 0 Å². The average molecular weight is 288 g/mol. The van der Waals surface area contributed by atoms with Crippen LogP contribution in [0.25, 0.3) is 0 Å². The molecule has 20 heavy (non-hydrogen) atoms. The van der Waals surface area contributed by atoms with Crippen LogP contribution < -0.4 is 5.32 Å². The Morgan fingerprint density at radius 1 is 1.10 bits per heavy atom. The van der Waals surface area contributed by atoms with Gasteiger partial charge in [-0.15, -0.1) is 0 Å². The van der Waals surface area contributed by atoms with Crippen molar-refractivity contribution >= 4 is 0 Å². The topological polar surface area (TPSA) is 15.3 Å². The molecule has 1 unspecified atom stereocenters. The molecule has 0 amide bonds. The van der Waals surface area contributed by atoms with Gasteiger partial charge in [-0.2, -0.15) is 13.2 Å². The molecule has 0 aliphatic rings. The first-order valence-corrected chi connectivity index (χ1v) is 7.03. The van der Waals surface area contributed by atoms with E-state index >= 15 is 0 Å². The summed E-state index contributed by atoms with van der Waals surface area (Å²) < 4.78 is 38.0. The smallest absolute Gasteiger partial charge is 0.308 e. The molecule has 0 radical (unpaired) electrons. The zero-order chi connectivity index (χ0) is 15.0. The Morgan fingerprint density at radius 2 is 1.70 bits per heavy atom. The quantitative estimate of drug-likeness (QED) is 0.786. The van der Waals surface area contributed by atoms with E-state index in [0.29, 0.717) is 12.1 Å². The maximum absolute atomic E-state index is 12.7. The summed E-state index contributed by atoms with van der Waals surface area (Å²) in [6.07, 6.45) is -5.00. The monoisotopic (exact) mass is 288 g/mol. The average Bonchev–Trinajstić information content (AvgIpc) is 2.42. The highest BCUT2D eigenvalue weighted by Gasteiger charge is 2.32. The van der Waals surface area contributed by atoms with Crippen LogP contribution in [0.1, 0.15) is 31.9 Å². The number of halogens is 3. The Hall–Kier alpha value is -1.07. The SMILES string of the molecule is CCN(CC)CCNC(CC(F)(F)F)c1ccccc1. The first-order valence-electron chi connectivity index (χ1n) is 7.03. The van der Waals surface area contributed by atoms with E-state index in [4.69, 9.17) is 0 Å². The highest BCUT2D eigenvalue weighted by molar-refractivity contribution is 5.19. The fraction of sp³-hybridized carbons (Fsp3) is 0.600. The van der Waals surface area contributed by atoms with Crippen molar-refractivity contribution in [1.82, 2.24) is 10.2 Å². The number of likely N-dealkylation sites (N-methyl/N-ethyl adjacent to an activating group) is 1. The second-order valence-corrected chi connectivity index (χ2v) is 4.76. The van der Waals surface area contributed by atoms with Gasteiger partial charge in [-0.1, -0.05) is 44.2 Å². The highest BCUT2D eigenvalue weighted by Crippen LogP contribution is 2.29. The fourth-order valence-corrected chi connectivity index (χ4v) is 2.16. The molecular weight excluding hydrogens is 265 g/mol. The lowest BCUT2D eigenvalue weighted by molar-refractivity contribution is -0.140. The van der Waals surface area contributed by atoms with Crippen LogP contribution in [0.3, 0.4) is 0 Å². The summed E-state index contributed by atoms with van der Waals surface area (Å²) in [5.41, 5.74) is 0.685. The van der Waals surface area contributed by atoms with Gasteiger partial charge in [0.15, 0.2) is 0 Å². The van der Waals surface area contributed by atoms with Crippen LogP contribution in [-0.2, 0) is 0 Å². The molecule has 0 bridgehead atoms. The van der Waals surface area contributed by atoms with Gasteiger partial charge in [0.2, 0.25) is 0 Å². The summed E-state index contributed by atoms with van der Waals surface area (Å²) in [7, 11) is 0. The van der Waals surface area contributed by atoms with Gasteiger partial charge in [0.25, 0.3) is 0 Å². The minimum Gasteiger partial charge on any atom is -0.308 e. The molecular formula is C15H23F3N2. The number of alkyl halides is 3. The Labute approximate surface area is 119 Å². The molecule has 1 aromatic carbocycles. The van der Waals surface area contributed by atoms with Gasteiger partial charge in [0.05, 0.1) is 6.42 Å². The molecule has 114 valence electrons. The molecule has 0 aromatic heterocycles. The standard InChI is InChI=1S/C15H23F3N2/c1-3-20(4-2)11-10-19-14(12-15(16,17)18)13-8-6-5-7-9-13/h5-9,14,19H,3-4,10-12H2,1-2H3. The zero-order valence-electron chi connectivity index (χ0n) is 12.1. The molecule has 1 atom stereocenters. The van der Waals surface area contributed by atoms with Crippen molar-refractivity contribution < 1.29 is 13.2 Å². The molecule has 2 nitrogen and oxygen atoms in total. The van der Waals surface area contributed by atoms with E-state index in [0.717, 1.165) is 19.6 Å². The van der Waals surface area contributed by atoms with Crippen molar-refractivity contribution in [3.8, 4) is 0 Å². The normalized spacial score (nSPS) is 13.7. The van der Waals surface area contributed by atoms with Crippen LogP contribution in [0.5, 0.6) is 0 Å². The zero-order valence-corrected chi connectivity index (χ0v) is 12.1. The van der Waals surface area contributed by atoms with Gasteiger partial charge in [-0.3, -0.25) is 0 Å². The largest absolute Gasteiger partial charge is 0.390 e. The first kappa shape index (κ1) is 17.0. The van der Waals surface area contributed by atoms with Crippen molar-refractivity contribution in [3.63, 3.8) is 0 Å². The fourth-order valence-electron chi connectivity index (χ4n) is 2.16. The highest BCUT2D eigenvalue weighted by atomic mass is 19.4. The maximum atomic E-state index is 12.7. The molecule has 0 saturated heterocycles. The molecule has 1 N–H and O–H groups in total. The predicted molar refractivity (Wildman–Crippen MR) is 75.6 cm³/mol. The molecule has 0 fully saturated rings. The second-order valence-electron chi connectivity index (χ2n) is 4.76. The van der Waals surface area contributed by atoms with Crippen molar-refractivity contribution in [2.45, 2.75) is 32.5 Å². The summed E-state index contributed by atoms with van der Waals surface area (Å²) in [5, 5.41) is 3.03. The van der Waals surface area contributed by atoms with Crippen LogP contribution in [0, 0.1) is 0 Å². The maximum Gasteiger partial charge on any atom is 0.390 e. The van der Waals surface area contributed by atoms with Gasteiger partial charge in [0, 0.05) is 19.1 Å². The van der Waals surface area contributed by atoms with Crippen LogP contribution in [0.2, 0.25) is 0 Å². The third kappa shape index (κ3) is 6.39. The molecule has 0 saturated carbocycles. The number of hydrogen-bond acceptors (Lipinski definition) is 2. The van der Waals surface area contributed by atoms with E-state index in [-0.39, 0.29) is 0 Å². The number of rotatable bonds is 8. The molecule has 0 aliphatic heterocycles. The van der Waals surface area contributed by atoms with Gasteiger partial charge >= 0.3 is 6.18 Å². The molecule has 1 aromatic rings. The van der Waals surface area contributed by atoms with Crippen LogP contribution in [0.15, 0.2) is 30.3 Å². The third-order valence-electron chi connectivity index (χ3n) is 3.35. The lowest BCUT2D eigenvalue weighted by Crippen LogP contribution is -2.35. The summed E-state index contributed by atoms with van der Waals surface area (Å²) >= 11 is 0. The molecule has 0 aliphatic carbocycles. The van der Waals surface area contributed by atoms with E-state index in [1.165, 1.54) is 0 Å².